The summed E-state index contributed by atoms with van der Waals surface area (Å²) in [5.74, 6) is 0.375. The van der Waals surface area contributed by atoms with E-state index in [1.54, 1.807) is 0 Å². The van der Waals surface area contributed by atoms with E-state index < -0.39 is 0 Å². The lowest BCUT2D eigenvalue weighted by Gasteiger charge is -2.44. The molecule has 4 heteroatoms. The zero-order valence-electron chi connectivity index (χ0n) is 12.1. The minimum atomic E-state index is 0. The third-order valence-electron chi connectivity index (χ3n) is 4.78. The second-order valence-corrected chi connectivity index (χ2v) is 6.60. The van der Waals surface area contributed by atoms with Gasteiger partial charge in [0.2, 0.25) is 5.91 Å². The molecule has 20 heavy (non-hydrogen) atoms. The molecule has 3 rings (SSSR count). The lowest BCUT2D eigenvalue weighted by Crippen LogP contribution is -2.55. The first-order chi connectivity index (χ1) is 8.99. The second-order valence-electron chi connectivity index (χ2n) is 6.60. The summed E-state index contributed by atoms with van der Waals surface area (Å²) in [6.45, 7) is 5.91. The number of amides is 1. The van der Waals surface area contributed by atoms with Gasteiger partial charge in [0.25, 0.3) is 0 Å². The van der Waals surface area contributed by atoms with Crippen LogP contribution in [-0.2, 0) is 11.2 Å². The van der Waals surface area contributed by atoms with Gasteiger partial charge >= 0.3 is 0 Å². The number of benzene rings is 1. The van der Waals surface area contributed by atoms with Crippen molar-refractivity contribution in [2.75, 3.05) is 13.1 Å². The van der Waals surface area contributed by atoms with E-state index in [-0.39, 0.29) is 29.8 Å². The zero-order chi connectivity index (χ0) is 13.6. The van der Waals surface area contributed by atoms with Crippen LogP contribution in [0.4, 0.5) is 0 Å². The number of rotatable bonds is 1. The molecule has 110 valence electrons. The SMILES string of the molecule is CC1(C)CN(C(=O)C2Cc3ccccc32)CCC1N.Cl. The van der Waals surface area contributed by atoms with E-state index in [0.717, 1.165) is 25.9 Å². The predicted octanol–water partition coefficient (Wildman–Crippen LogP) is 2.33. The zero-order valence-corrected chi connectivity index (χ0v) is 13.0. The summed E-state index contributed by atoms with van der Waals surface area (Å²) in [5, 5.41) is 0. The second kappa shape index (κ2) is 5.38. The maximum Gasteiger partial charge on any atom is 0.230 e. The number of carbonyl (C=O) groups is 1. The van der Waals surface area contributed by atoms with Crippen molar-refractivity contribution in [3.63, 3.8) is 0 Å². The molecule has 0 aromatic heterocycles. The molecule has 2 atom stereocenters. The Morgan fingerprint density at radius 1 is 1.35 bits per heavy atom. The van der Waals surface area contributed by atoms with Crippen LogP contribution < -0.4 is 5.73 Å². The smallest absolute Gasteiger partial charge is 0.230 e. The number of hydrogen-bond acceptors (Lipinski definition) is 2. The van der Waals surface area contributed by atoms with Crippen LogP contribution in [0.15, 0.2) is 24.3 Å². The van der Waals surface area contributed by atoms with E-state index >= 15 is 0 Å². The van der Waals surface area contributed by atoms with Crippen LogP contribution in [0.3, 0.4) is 0 Å². The molecule has 1 saturated heterocycles. The number of nitrogens with zero attached hydrogens (tertiary/aromatic N) is 1. The van der Waals surface area contributed by atoms with Gasteiger partial charge in [-0.3, -0.25) is 4.79 Å². The average molecular weight is 295 g/mol. The van der Waals surface area contributed by atoms with E-state index in [2.05, 4.69) is 26.0 Å². The van der Waals surface area contributed by atoms with E-state index in [1.807, 2.05) is 17.0 Å². The third kappa shape index (κ3) is 2.45. The fraction of sp³-hybridized carbons (Fsp3) is 0.562. The fourth-order valence-electron chi connectivity index (χ4n) is 3.26. The van der Waals surface area contributed by atoms with Crippen molar-refractivity contribution < 1.29 is 4.79 Å². The van der Waals surface area contributed by atoms with Crippen LogP contribution in [0.25, 0.3) is 0 Å². The topological polar surface area (TPSA) is 46.3 Å². The summed E-state index contributed by atoms with van der Waals surface area (Å²) in [7, 11) is 0. The molecule has 1 amide bonds. The Bertz CT molecular complexity index is 515. The van der Waals surface area contributed by atoms with Crippen LogP contribution >= 0.6 is 12.4 Å². The average Bonchev–Trinajstić information content (AvgIpc) is 2.34. The summed E-state index contributed by atoms with van der Waals surface area (Å²) >= 11 is 0. The van der Waals surface area contributed by atoms with Crippen molar-refractivity contribution in [2.24, 2.45) is 11.1 Å². The first kappa shape index (κ1) is 15.3. The molecule has 0 spiro atoms. The van der Waals surface area contributed by atoms with Gasteiger partial charge in [0.15, 0.2) is 0 Å². The Balaban J connectivity index is 0.00000147. The predicted molar refractivity (Wildman–Crippen MR) is 83.1 cm³/mol. The minimum absolute atomic E-state index is 0. The minimum Gasteiger partial charge on any atom is -0.342 e. The van der Waals surface area contributed by atoms with Crippen LogP contribution in [0.5, 0.6) is 0 Å². The molecular weight excluding hydrogens is 272 g/mol. The molecule has 2 unspecified atom stereocenters. The molecule has 0 radical (unpaired) electrons. The van der Waals surface area contributed by atoms with Gasteiger partial charge in [-0.2, -0.15) is 0 Å². The van der Waals surface area contributed by atoms with Crippen LogP contribution in [0, 0.1) is 5.41 Å². The van der Waals surface area contributed by atoms with Gasteiger partial charge in [0.05, 0.1) is 5.92 Å². The summed E-state index contributed by atoms with van der Waals surface area (Å²) < 4.78 is 0. The molecule has 1 aliphatic heterocycles. The Morgan fingerprint density at radius 2 is 2.05 bits per heavy atom. The number of likely N-dealkylation sites (tertiary alicyclic amines) is 1. The Morgan fingerprint density at radius 3 is 2.70 bits per heavy atom. The van der Waals surface area contributed by atoms with E-state index in [1.165, 1.54) is 11.1 Å². The van der Waals surface area contributed by atoms with Crippen molar-refractivity contribution in [1.82, 2.24) is 4.90 Å². The molecule has 1 aliphatic carbocycles. The van der Waals surface area contributed by atoms with Gasteiger partial charge in [0.1, 0.15) is 0 Å². The highest BCUT2D eigenvalue weighted by atomic mass is 35.5. The highest BCUT2D eigenvalue weighted by Crippen LogP contribution is 2.38. The van der Waals surface area contributed by atoms with Gasteiger partial charge in [-0.1, -0.05) is 38.1 Å². The van der Waals surface area contributed by atoms with Crippen molar-refractivity contribution in [3.8, 4) is 0 Å². The molecule has 2 aliphatic rings. The molecule has 1 aromatic carbocycles. The van der Waals surface area contributed by atoms with Crippen molar-refractivity contribution >= 4 is 18.3 Å². The lowest BCUT2D eigenvalue weighted by molar-refractivity contribution is -0.136. The molecule has 0 bridgehead atoms. The van der Waals surface area contributed by atoms with Gasteiger partial charge in [-0.05, 0) is 29.4 Å². The van der Waals surface area contributed by atoms with Crippen molar-refractivity contribution in [1.29, 1.82) is 0 Å². The molecule has 1 heterocycles. The Labute approximate surface area is 126 Å². The molecule has 2 N–H and O–H groups in total. The number of halogens is 1. The van der Waals surface area contributed by atoms with Crippen LogP contribution in [-0.4, -0.2) is 29.9 Å². The van der Waals surface area contributed by atoms with Crippen molar-refractivity contribution in [2.45, 2.75) is 38.6 Å². The standard InChI is InChI=1S/C16H22N2O.ClH/c1-16(2)10-18(8-7-14(16)17)15(19)13-9-11-5-3-4-6-12(11)13;/h3-6,13-14H,7-10,17H2,1-2H3;1H. The largest absolute Gasteiger partial charge is 0.342 e. The highest BCUT2D eigenvalue weighted by molar-refractivity contribution is 5.87. The van der Waals surface area contributed by atoms with Gasteiger partial charge in [-0.25, -0.2) is 0 Å². The third-order valence-corrected chi connectivity index (χ3v) is 4.78. The summed E-state index contributed by atoms with van der Waals surface area (Å²) in [6.07, 6.45) is 1.81. The quantitative estimate of drug-likeness (QED) is 0.864. The summed E-state index contributed by atoms with van der Waals surface area (Å²) in [6, 6.07) is 8.47. The van der Waals surface area contributed by atoms with Gasteiger partial charge in [0, 0.05) is 19.1 Å². The maximum atomic E-state index is 12.6. The lowest BCUT2D eigenvalue weighted by atomic mass is 9.75. The maximum absolute atomic E-state index is 12.6. The molecule has 1 fully saturated rings. The molecule has 3 nitrogen and oxygen atoms in total. The molecular formula is C16H23ClN2O. The first-order valence-corrected chi connectivity index (χ1v) is 7.11. The Kier molecular flexibility index (Phi) is 4.12. The van der Waals surface area contributed by atoms with E-state index in [9.17, 15) is 4.79 Å². The Hall–Kier alpha value is -1.06. The normalized spacial score (nSPS) is 27.1. The summed E-state index contributed by atoms with van der Waals surface area (Å²) in [4.78, 5) is 14.6. The monoisotopic (exact) mass is 294 g/mol. The number of piperidine rings is 1. The number of carbonyl (C=O) groups excluding carboxylic acids is 1. The molecule has 1 aromatic rings. The first-order valence-electron chi connectivity index (χ1n) is 7.11. The van der Waals surface area contributed by atoms with Gasteiger partial charge < -0.3 is 10.6 Å². The highest BCUT2D eigenvalue weighted by Gasteiger charge is 2.40. The van der Waals surface area contributed by atoms with Crippen molar-refractivity contribution in [3.05, 3.63) is 35.4 Å². The van der Waals surface area contributed by atoms with Crippen LogP contribution in [0.1, 0.15) is 37.3 Å². The number of nitrogens with two attached hydrogens (primary N) is 1. The van der Waals surface area contributed by atoms with E-state index in [0.29, 0.717) is 5.91 Å². The van der Waals surface area contributed by atoms with E-state index in [4.69, 9.17) is 5.73 Å². The number of hydrogen-bond donors (Lipinski definition) is 1. The number of fused-ring (bicyclic) bond motifs is 1. The van der Waals surface area contributed by atoms with Crippen LogP contribution in [0.2, 0.25) is 0 Å². The van der Waals surface area contributed by atoms with Gasteiger partial charge in [-0.15, -0.1) is 12.4 Å². The summed E-state index contributed by atoms with van der Waals surface area (Å²) in [5.41, 5.74) is 8.71. The molecule has 0 saturated carbocycles. The fourth-order valence-corrected chi connectivity index (χ4v) is 3.26.